The summed E-state index contributed by atoms with van der Waals surface area (Å²) in [5, 5.41) is 7.74. The molecule has 0 saturated heterocycles. The van der Waals surface area contributed by atoms with Gasteiger partial charge < -0.3 is 10.6 Å². The summed E-state index contributed by atoms with van der Waals surface area (Å²) in [5.74, 6) is 0.442. The van der Waals surface area contributed by atoms with Gasteiger partial charge in [0.1, 0.15) is 0 Å². The van der Waals surface area contributed by atoms with Crippen LogP contribution in [-0.4, -0.2) is 33.6 Å². The van der Waals surface area contributed by atoms with Crippen LogP contribution in [0.15, 0.2) is 54.6 Å². The largest absolute Gasteiger partial charge is 0.336 e. The average Bonchev–Trinajstić information content (AvgIpc) is 3.16. The highest BCUT2D eigenvalue weighted by Crippen LogP contribution is 2.30. The molecule has 5 heteroatoms. The SMILES string of the molecule is CC(C)C[C@H](N)C(=O)N1CCc2[nH]nc(-c3ccc(-c4ccccc4)cc3)c2C1. The van der Waals surface area contributed by atoms with Crippen LogP contribution in [-0.2, 0) is 17.8 Å². The fourth-order valence-corrected chi connectivity index (χ4v) is 4.02. The molecule has 0 bridgehead atoms. The van der Waals surface area contributed by atoms with Crippen molar-refractivity contribution in [3.8, 4) is 22.4 Å². The summed E-state index contributed by atoms with van der Waals surface area (Å²) in [4.78, 5) is 14.7. The third-order valence-corrected chi connectivity index (χ3v) is 5.55. The van der Waals surface area contributed by atoms with Gasteiger partial charge in [-0.25, -0.2) is 0 Å². The number of nitrogens with one attached hydrogen (secondary N) is 1. The van der Waals surface area contributed by atoms with E-state index in [1.165, 1.54) is 11.1 Å². The molecule has 150 valence electrons. The van der Waals surface area contributed by atoms with Gasteiger partial charge in [0.05, 0.1) is 11.7 Å². The summed E-state index contributed by atoms with van der Waals surface area (Å²) in [6.45, 7) is 5.43. The predicted octanol–water partition coefficient (Wildman–Crippen LogP) is 4.00. The summed E-state index contributed by atoms with van der Waals surface area (Å²) in [5.41, 5.74) is 12.7. The van der Waals surface area contributed by atoms with Crippen LogP contribution in [0.5, 0.6) is 0 Å². The maximum atomic E-state index is 12.8. The zero-order valence-corrected chi connectivity index (χ0v) is 17.1. The number of aromatic nitrogens is 2. The molecule has 1 aromatic heterocycles. The molecule has 1 atom stereocenters. The number of carbonyl (C=O) groups is 1. The van der Waals surface area contributed by atoms with Gasteiger partial charge in [-0.3, -0.25) is 9.89 Å². The van der Waals surface area contributed by atoms with Crippen LogP contribution in [0, 0.1) is 5.92 Å². The van der Waals surface area contributed by atoms with Gasteiger partial charge in [0, 0.05) is 36.3 Å². The predicted molar refractivity (Wildman–Crippen MR) is 116 cm³/mol. The number of fused-ring (bicyclic) bond motifs is 1. The van der Waals surface area contributed by atoms with Crippen molar-refractivity contribution >= 4 is 5.91 Å². The fourth-order valence-electron chi connectivity index (χ4n) is 4.02. The summed E-state index contributed by atoms with van der Waals surface area (Å²) in [6.07, 6.45) is 1.49. The quantitative estimate of drug-likeness (QED) is 0.694. The van der Waals surface area contributed by atoms with Gasteiger partial charge in [0.25, 0.3) is 0 Å². The van der Waals surface area contributed by atoms with E-state index in [-0.39, 0.29) is 5.91 Å². The molecule has 5 nitrogen and oxygen atoms in total. The van der Waals surface area contributed by atoms with Crippen LogP contribution in [0.1, 0.15) is 31.5 Å². The Bertz CT molecular complexity index is 976. The van der Waals surface area contributed by atoms with Gasteiger partial charge in [0.2, 0.25) is 5.91 Å². The van der Waals surface area contributed by atoms with Crippen molar-refractivity contribution < 1.29 is 4.79 Å². The first-order chi connectivity index (χ1) is 14.0. The minimum atomic E-state index is -0.433. The molecule has 2 aromatic carbocycles. The Kier molecular flexibility index (Phi) is 5.49. The maximum absolute atomic E-state index is 12.8. The Morgan fingerprint density at radius 1 is 1.07 bits per heavy atom. The first-order valence-electron chi connectivity index (χ1n) is 10.3. The van der Waals surface area contributed by atoms with Crippen LogP contribution in [0.25, 0.3) is 22.4 Å². The second-order valence-corrected chi connectivity index (χ2v) is 8.22. The van der Waals surface area contributed by atoms with E-state index in [2.05, 4.69) is 60.4 Å². The van der Waals surface area contributed by atoms with Crippen LogP contribution in [0.2, 0.25) is 0 Å². The highest BCUT2D eigenvalue weighted by atomic mass is 16.2. The molecule has 3 N–H and O–H groups in total. The van der Waals surface area contributed by atoms with Crippen molar-refractivity contribution in [1.82, 2.24) is 15.1 Å². The van der Waals surface area contributed by atoms with Crippen molar-refractivity contribution in [1.29, 1.82) is 0 Å². The zero-order chi connectivity index (χ0) is 20.4. The molecule has 1 amide bonds. The van der Waals surface area contributed by atoms with Crippen LogP contribution in [0.4, 0.5) is 0 Å². The number of nitrogens with two attached hydrogens (primary N) is 1. The molecule has 0 radical (unpaired) electrons. The highest BCUT2D eigenvalue weighted by Gasteiger charge is 2.28. The van der Waals surface area contributed by atoms with E-state index in [4.69, 9.17) is 5.73 Å². The van der Waals surface area contributed by atoms with Crippen molar-refractivity contribution in [2.45, 2.75) is 39.3 Å². The van der Waals surface area contributed by atoms with Crippen molar-refractivity contribution in [3.63, 3.8) is 0 Å². The second-order valence-electron chi connectivity index (χ2n) is 8.22. The van der Waals surface area contributed by atoms with Crippen LogP contribution >= 0.6 is 0 Å². The Morgan fingerprint density at radius 3 is 2.41 bits per heavy atom. The number of amides is 1. The van der Waals surface area contributed by atoms with E-state index in [0.29, 0.717) is 25.4 Å². The molecule has 4 rings (SSSR count). The van der Waals surface area contributed by atoms with E-state index >= 15 is 0 Å². The number of H-pyrrole nitrogens is 1. The topological polar surface area (TPSA) is 75.0 Å². The molecular formula is C24H28N4O. The first-order valence-corrected chi connectivity index (χ1v) is 10.3. The number of hydrogen-bond donors (Lipinski definition) is 2. The number of carbonyl (C=O) groups excluding carboxylic acids is 1. The first kappa shape index (κ1) is 19.4. The normalized spacial score (nSPS) is 14.7. The molecule has 1 aliphatic heterocycles. The second kappa shape index (κ2) is 8.21. The van der Waals surface area contributed by atoms with Gasteiger partial charge in [0.15, 0.2) is 0 Å². The van der Waals surface area contributed by atoms with Gasteiger partial charge in [-0.1, -0.05) is 68.4 Å². The summed E-state index contributed by atoms with van der Waals surface area (Å²) in [6, 6.07) is 18.3. The lowest BCUT2D eigenvalue weighted by molar-refractivity contribution is -0.133. The van der Waals surface area contributed by atoms with Crippen molar-refractivity contribution in [2.24, 2.45) is 11.7 Å². The van der Waals surface area contributed by atoms with E-state index in [0.717, 1.165) is 28.9 Å². The molecule has 1 aliphatic rings. The summed E-state index contributed by atoms with van der Waals surface area (Å²) < 4.78 is 0. The third kappa shape index (κ3) is 4.10. The van der Waals surface area contributed by atoms with Crippen LogP contribution < -0.4 is 5.73 Å². The lowest BCUT2D eigenvalue weighted by Gasteiger charge is -2.30. The Morgan fingerprint density at radius 2 is 1.72 bits per heavy atom. The monoisotopic (exact) mass is 388 g/mol. The third-order valence-electron chi connectivity index (χ3n) is 5.55. The number of hydrogen-bond acceptors (Lipinski definition) is 3. The lowest BCUT2D eigenvalue weighted by atomic mass is 9.97. The molecule has 3 aromatic rings. The molecule has 0 spiro atoms. The molecular weight excluding hydrogens is 360 g/mol. The lowest BCUT2D eigenvalue weighted by Crippen LogP contribution is -2.46. The molecule has 0 aliphatic carbocycles. The van der Waals surface area contributed by atoms with E-state index in [1.54, 1.807) is 0 Å². The van der Waals surface area contributed by atoms with Gasteiger partial charge >= 0.3 is 0 Å². The number of rotatable bonds is 5. The number of aromatic amines is 1. The van der Waals surface area contributed by atoms with E-state index < -0.39 is 6.04 Å². The zero-order valence-electron chi connectivity index (χ0n) is 17.1. The fraction of sp³-hybridized carbons (Fsp3) is 0.333. The van der Waals surface area contributed by atoms with Crippen molar-refractivity contribution in [3.05, 3.63) is 65.9 Å². The number of nitrogens with zero attached hydrogens (tertiary/aromatic N) is 2. The standard InChI is InChI=1S/C24H28N4O/c1-16(2)14-21(25)24(29)28-13-12-22-20(15-28)23(27-26-22)19-10-8-18(9-11-19)17-6-4-3-5-7-17/h3-11,16,21H,12-15,25H2,1-2H3,(H,26,27)/t21-/m0/s1. The van der Waals surface area contributed by atoms with Crippen molar-refractivity contribution in [2.75, 3.05) is 6.54 Å². The molecule has 0 saturated carbocycles. The Balaban J connectivity index is 1.55. The molecule has 0 fully saturated rings. The molecule has 2 heterocycles. The highest BCUT2D eigenvalue weighted by molar-refractivity contribution is 5.82. The molecule has 0 unspecified atom stereocenters. The van der Waals surface area contributed by atoms with Gasteiger partial charge in [-0.05, 0) is 23.5 Å². The minimum absolute atomic E-state index is 0.0379. The molecule has 29 heavy (non-hydrogen) atoms. The van der Waals surface area contributed by atoms with Gasteiger partial charge in [-0.15, -0.1) is 0 Å². The summed E-state index contributed by atoms with van der Waals surface area (Å²) in [7, 11) is 0. The van der Waals surface area contributed by atoms with Crippen LogP contribution in [0.3, 0.4) is 0 Å². The average molecular weight is 389 g/mol. The van der Waals surface area contributed by atoms with E-state index in [9.17, 15) is 4.79 Å². The number of benzene rings is 2. The Labute approximate surface area is 171 Å². The minimum Gasteiger partial charge on any atom is -0.336 e. The maximum Gasteiger partial charge on any atom is 0.239 e. The Hall–Kier alpha value is -2.92. The smallest absolute Gasteiger partial charge is 0.239 e. The van der Waals surface area contributed by atoms with E-state index in [1.807, 2.05) is 23.1 Å². The van der Waals surface area contributed by atoms with Gasteiger partial charge in [-0.2, -0.15) is 5.10 Å². The summed E-state index contributed by atoms with van der Waals surface area (Å²) >= 11 is 0.